The van der Waals surface area contributed by atoms with Crippen molar-refractivity contribution in [2.24, 2.45) is 5.73 Å². The quantitative estimate of drug-likeness (QED) is 0.812. The van der Waals surface area contributed by atoms with Crippen LogP contribution < -0.4 is 10.6 Å². The summed E-state index contributed by atoms with van der Waals surface area (Å²) in [7, 11) is 0. The highest BCUT2D eigenvalue weighted by atomic mass is 19.1. The maximum Gasteiger partial charge on any atom is 0.149 e. The maximum absolute atomic E-state index is 14.0. The van der Waals surface area contributed by atoms with Crippen LogP contribution in [0.25, 0.3) is 0 Å². The van der Waals surface area contributed by atoms with Crippen molar-refractivity contribution < 1.29 is 8.78 Å². The lowest BCUT2D eigenvalue weighted by molar-refractivity contribution is 0.565. The zero-order valence-corrected chi connectivity index (χ0v) is 11.2. The van der Waals surface area contributed by atoms with Crippen LogP contribution in [-0.2, 0) is 6.42 Å². The fourth-order valence-corrected chi connectivity index (χ4v) is 2.01. The Hall–Kier alpha value is -1.16. The molecule has 0 bridgehead atoms. The Bertz CT molecular complexity index is 357. The van der Waals surface area contributed by atoms with Gasteiger partial charge in [-0.25, -0.2) is 8.78 Å². The highest BCUT2D eigenvalue weighted by Gasteiger charge is 2.16. The fourth-order valence-electron chi connectivity index (χ4n) is 2.01. The monoisotopic (exact) mass is 256 g/mol. The molecule has 0 aliphatic heterocycles. The van der Waals surface area contributed by atoms with Crippen LogP contribution in [0.3, 0.4) is 0 Å². The summed E-state index contributed by atoms with van der Waals surface area (Å²) in [5, 5.41) is 0. The fraction of sp³-hybridized carbons (Fsp3) is 0.571. The predicted molar refractivity (Wildman–Crippen MR) is 71.9 cm³/mol. The molecule has 1 rings (SSSR count). The maximum atomic E-state index is 14.0. The Labute approximate surface area is 108 Å². The van der Waals surface area contributed by atoms with Crippen molar-refractivity contribution >= 4 is 5.69 Å². The van der Waals surface area contributed by atoms with Gasteiger partial charge >= 0.3 is 0 Å². The van der Waals surface area contributed by atoms with Crippen molar-refractivity contribution in [1.82, 2.24) is 0 Å². The molecule has 0 aromatic heterocycles. The smallest absolute Gasteiger partial charge is 0.149 e. The average molecular weight is 256 g/mol. The van der Waals surface area contributed by atoms with Gasteiger partial charge in [0.15, 0.2) is 0 Å². The molecular weight excluding hydrogens is 234 g/mol. The number of hydrogen-bond donors (Lipinski definition) is 1. The minimum Gasteiger partial charge on any atom is -0.367 e. The highest BCUT2D eigenvalue weighted by molar-refractivity contribution is 5.50. The molecule has 2 N–H and O–H groups in total. The number of nitrogens with zero attached hydrogens (tertiary/aromatic N) is 1. The lowest BCUT2D eigenvalue weighted by atomic mass is 10.1. The molecular formula is C14H22F2N2. The molecule has 0 atom stereocenters. The molecule has 0 saturated carbocycles. The predicted octanol–water partition coefficient (Wildman–Crippen LogP) is 3.09. The molecule has 0 amide bonds. The van der Waals surface area contributed by atoms with E-state index in [4.69, 9.17) is 5.73 Å². The van der Waals surface area contributed by atoms with E-state index in [-0.39, 0.29) is 5.69 Å². The minimum atomic E-state index is -0.489. The van der Waals surface area contributed by atoms with Crippen LogP contribution in [0.15, 0.2) is 12.1 Å². The van der Waals surface area contributed by atoms with Gasteiger partial charge < -0.3 is 10.6 Å². The first-order valence-corrected chi connectivity index (χ1v) is 6.56. The number of anilines is 1. The van der Waals surface area contributed by atoms with Crippen LogP contribution >= 0.6 is 0 Å². The summed E-state index contributed by atoms with van der Waals surface area (Å²) in [5.41, 5.74) is 6.10. The van der Waals surface area contributed by atoms with Gasteiger partial charge in [-0.2, -0.15) is 0 Å². The molecule has 0 unspecified atom stereocenters. The molecule has 18 heavy (non-hydrogen) atoms. The molecule has 0 heterocycles. The standard InChI is InChI=1S/C14H22F2N2/c1-3-5-8-18(4-2)14-12(15)9-11(6-7-17)10-13(14)16/h9-10H,3-8,17H2,1-2H3. The van der Waals surface area contributed by atoms with E-state index in [0.717, 1.165) is 12.8 Å². The molecule has 1 aromatic rings. The van der Waals surface area contributed by atoms with Gasteiger partial charge in [0.25, 0.3) is 0 Å². The summed E-state index contributed by atoms with van der Waals surface area (Å²) in [6, 6.07) is 2.78. The topological polar surface area (TPSA) is 29.3 Å². The Morgan fingerprint density at radius 1 is 1.17 bits per heavy atom. The molecule has 0 aliphatic carbocycles. The van der Waals surface area contributed by atoms with Gasteiger partial charge in [0.05, 0.1) is 0 Å². The Balaban J connectivity index is 2.99. The van der Waals surface area contributed by atoms with E-state index in [1.54, 1.807) is 4.90 Å². The molecule has 1 aromatic carbocycles. The lowest BCUT2D eigenvalue weighted by Crippen LogP contribution is -2.26. The normalized spacial score (nSPS) is 10.7. The first-order valence-electron chi connectivity index (χ1n) is 6.56. The van der Waals surface area contributed by atoms with Crippen LogP contribution in [0.5, 0.6) is 0 Å². The third kappa shape index (κ3) is 3.67. The number of halogens is 2. The van der Waals surface area contributed by atoms with E-state index in [1.807, 2.05) is 6.92 Å². The second kappa shape index (κ2) is 7.31. The van der Waals surface area contributed by atoms with Crippen LogP contribution in [0.4, 0.5) is 14.5 Å². The van der Waals surface area contributed by atoms with E-state index in [9.17, 15) is 8.78 Å². The van der Waals surface area contributed by atoms with Crippen molar-refractivity contribution in [1.29, 1.82) is 0 Å². The van der Waals surface area contributed by atoms with E-state index in [0.29, 0.717) is 31.6 Å². The number of nitrogens with two attached hydrogens (primary N) is 1. The van der Waals surface area contributed by atoms with Gasteiger partial charge in [0.1, 0.15) is 17.3 Å². The first kappa shape index (κ1) is 14.9. The van der Waals surface area contributed by atoms with Gasteiger partial charge in [-0.3, -0.25) is 0 Å². The number of unbranched alkanes of at least 4 members (excludes halogenated alkanes) is 1. The van der Waals surface area contributed by atoms with Gasteiger partial charge in [-0.15, -0.1) is 0 Å². The number of rotatable bonds is 7. The SMILES string of the molecule is CCCCN(CC)c1c(F)cc(CCN)cc1F. The van der Waals surface area contributed by atoms with Crippen LogP contribution in [0, 0.1) is 11.6 Å². The molecule has 0 aliphatic rings. The summed E-state index contributed by atoms with van der Waals surface area (Å²) < 4.78 is 28.0. The van der Waals surface area contributed by atoms with Crippen molar-refractivity contribution in [3.05, 3.63) is 29.3 Å². The third-order valence-corrected chi connectivity index (χ3v) is 2.99. The molecule has 102 valence electrons. The summed E-state index contributed by atoms with van der Waals surface area (Å²) in [5.74, 6) is -0.979. The zero-order valence-electron chi connectivity index (χ0n) is 11.2. The number of benzene rings is 1. The van der Waals surface area contributed by atoms with E-state index >= 15 is 0 Å². The molecule has 0 saturated heterocycles. The summed E-state index contributed by atoms with van der Waals surface area (Å²) in [6.45, 7) is 5.64. The van der Waals surface area contributed by atoms with Crippen molar-refractivity contribution in [2.75, 3.05) is 24.5 Å². The Morgan fingerprint density at radius 2 is 1.78 bits per heavy atom. The minimum absolute atomic E-state index is 0.0896. The van der Waals surface area contributed by atoms with Crippen molar-refractivity contribution in [3.63, 3.8) is 0 Å². The van der Waals surface area contributed by atoms with Gasteiger partial charge in [0, 0.05) is 13.1 Å². The van der Waals surface area contributed by atoms with Gasteiger partial charge in [0.2, 0.25) is 0 Å². The van der Waals surface area contributed by atoms with E-state index in [2.05, 4.69) is 6.92 Å². The summed E-state index contributed by atoms with van der Waals surface area (Å²) >= 11 is 0. The number of hydrogen-bond acceptors (Lipinski definition) is 2. The van der Waals surface area contributed by atoms with Gasteiger partial charge in [-0.05, 0) is 44.0 Å². The third-order valence-electron chi connectivity index (χ3n) is 2.99. The van der Waals surface area contributed by atoms with E-state index in [1.165, 1.54) is 12.1 Å². The lowest BCUT2D eigenvalue weighted by Gasteiger charge is -2.24. The van der Waals surface area contributed by atoms with E-state index < -0.39 is 11.6 Å². The molecule has 0 radical (unpaired) electrons. The molecule has 0 fully saturated rings. The molecule has 0 spiro atoms. The highest BCUT2D eigenvalue weighted by Crippen LogP contribution is 2.25. The van der Waals surface area contributed by atoms with Gasteiger partial charge in [-0.1, -0.05) is 13.3 Å². The average Bonchev–Trinajstić information content (AvgIpc) is 2.33. The first-order chi connectivity index (χ1) is 8.63. The van der Waals surface area contributed by atoms with Crippen molar-refractivity contribution in [2.45, 2.75) is 33.1 Å². The second-order valence-corrected chi connectivity index (χ2v) is 4.38. The molecule has 4 heteroatoms. The van der Waals surface area contributed by atoms with Crippen LogP contribution in [0.1, 0.15) is 32.3 Å². The van der Waals surface area contributed by atoms with Crippen LogP contribution in [0.2, 0.25) is 0 Å². The Morgan fingerprint density at radius 3 is 2.22 bits per heavy atom. The Kier molecular flexibility index (Phi) is 6.05. The molecule has 2 nitrogen and oxygen atoms in total. The van der Waals surface area contributed by atoms with Crippen molar-refractivity contribution in [3.8, 4) is 0 Å². The largest absolute Gasteiger partial charge is 0.367 e. The second-order valence-electron chi connectivity index (χ2n) is 4.38. The summed E-state index contributed by atoms with van der Waals surface area (Å²) in [4.78, 5) is 1.75. The zero-order chi connectivity index (χ0) is 13.5. The summed E-state index contributed by atoms with van der Waals surface area (Å²) in [6.07, 6.45) is 2.43. The van der Waals surface area contributed by atoms with Crippen LogP contribution in [-0.4, -0.2) is 19.6 Å².